The van der Waals surface area contributed by atoms with Gasteiger partial charge in [-0.1, -0.05) is 5.21 Å². The van der Waals surface area contributed by atoms with Gasteiger partial charge in [0.2, 0.25) is 0 Å². The molecule has 0 amide bonds. The fraction of sp³-hybridized carbons (Fsp3) is 0.500. The number of rotatable bonds is 2. The van der Waals surface area contributed by atoms with Crippen molar-refractivity contribution in [2.45, 2.75) is 25.2 Å². The summed E-state index contributed by atoms with van der Waals surface area (Å²) in [5.41, 5.74) is 7.54. The number of anilines is 1. The lowest BCUT2D eigenvalue weighted by atomic mass is 10.2. The molecule has 1 saturated heterocycles. The predicted molar refractivity (Wildman–Crippen MR) is 60.0 cm³/mol. The summed E-state index contributed by atoms with van der Waals surface area (Å²) < 4.78 is 7.26. The van der Waals surface area contributed by atoms with Gasteiger partial charge >= 0.3 is 0 Å². The largest absolute Gasteiger partial charge is 0.397 e. The quantitative estimate of drug-likeness (QED) is 0.764. The first-order chi connectivity index (χ1) is 8.29. The smallest absolute Gasteiger partial charge is 0.183 e. The Labute approximate surface area is 97.2 Å². The van der Waals surface area contributed by atoms with Crippen LogP contribution in [-0.2, 0) is 4.74 Å². The number of fused-ring (bicyclic) bond motifs is 1. The molecule has 2 aromatic heterocycles. The van der Waals surface area contributed by atoms with Crippen molar-refractivity contribution in [3.05, 3.63) is 12.3 Å². The molecule has 0 unspecified atom stereocenters. The fourth-order valence-electron chi connectivity index (χ4n) is 2.06. The summed E-state index contributed by atoms with van der Waals surface area (Å²) in [4.78, 5) is 4.21. The van der Waals surface area contributed by atoms with Gasteiger partial charge in [-0.05, 0) is 18.9 Å². The summed E-state index contributed by atoms with van der Waals surface area (Å²) in [6, 6.07) is 1.69. The molecule has 2 atom stereocenters. The number of hydrogen-bond acceptors (Lipinski definition) is 6. The normalized spacial score (nSPS) is 24.5. The molecule has 0 aromatic carbocycles. The molecule has 0 bridgehead atoms. The van der Waals surface area contributed by atoms with E-state index in [-0.39, 0.29) is 18.9 Å². The van der Waals surface area contributed by atoms with Crippen molar-refractivity contribution in [1.82, 2.24) is 20.0 Å². The van der Waals surface area contributed by atoms with Crippen LogP contribution < -0.4 is 5.73 Å². The highest BCUT2D eigenvalue weighted by molar-refractivity contribution is 5.82. The molecule has 0 saturated carbocycles. The molecule has 0 radical (unpaired) electrons. The Morgan fingerprint density at radius 1 is 1.53 bits per heavy atom. The van der Waals surface area contributed by atoms with Crippen molar-refractivity contribution < 1.29 is 9.84 Å². The van der Waals surface area contributed by atoms with Crippen LogP contribution in [0.5, 0.6) is 0 Å². The molecule has 90 valence electrons. The molecule has 7 heteroatoms. The average Bonchev–Trinajstić information content (AvgIpc) is 2.94. The summed E-state index contributed by atoms with van der Waals surface area (Å²) in [6.07, 6.45) is 2.88. The second-order valence-corrected chi connectivity index (χ2v) is 4.08. The topological polar surface area (TPSA) is 99.1 Å². The van der Waals surface area contributed by atoms with Gasteiger partial charge in [-0.3, -0.25) is 0 Å². The van der Waals surface area contributed by atoms with E-state index in [1.54, 1.807) is 16.9 Å². The maximum absolute atomic E-state index is 9.03. The predicted octanol–water partition coefficient (Wildman–Crippen LogP) is 0.0784. The van der Waals surface area contributed by atoms with E-state index in [0.29, 0.717) is 16.9 Å². The van der Waals surface area contributed by atoms with Crippen molar-refractivity contribution >= 4 is 16.9 Å². The van der Waals surface area contributed by atoms with Crippen LogP contribution in [-0.4, -0.2) is 37.8 Å². The molecular weight excluding hydrogens is 222 g/mol. The molecule has 0 spiro atoms. The standard InChI is InChI=1S/C10H13N5O2/c11-7-3-4-12-10-9(7)13-14-15(10)8-2-1-6(5-16)17-8/h3-4,6,8,16H,1-2,5H2,(H2,11,12)/t6-,8+/m0/s1. The lowest BCUT2D eigenvalue weighted by molar-refractivity contribution is -0.0271. The Morgan fingerprint density at radius 2 is 2.41 bits per heavy atom. The minimum absolute atomic E-state index is 0.0265. The number of hydrogen-bond donors (Lipinski definition) is 2. The lowest BCUT2D eigenvalue weighted by Crippen LogP contribution is -2.15. The Morgan fingerprint density at radius 3 is 3.18 bits per heavy atom. The number of nitrogen functional groups attached to an aromatic ring is 1. The summed E-state index contributed by atoms with van der Waals surface area (Å²) in [6.45, 7) is 0.0265. The van der Waals surface area contributed by atoms with Crippen LogP contribution in [0.2, 0.25) is 0 Å². The van der Waals surface area contributed by atoms with Gasteiger partial charge in [-0.15, -0.1) is 5.10 Å². The van der Waals surface area contributed by atoms with Crippen LogP contribution in [0.25, 0.3) is 11.2 Å². The third-order valence-corrected chi connectivity index (χ3v) is 2.96. The second-order valence-electron chi connectivity index (χ2n) is 4.08. The average molecular weight is 235 g/mol. The third-order valence-electron chi connectivity index (χ3n) is 2.96. The number of aromatic nitrogens is 4. The van der Waals surface area contributed by atoms with E-state index in [0.717, 1.165) is 12.8 Å². The Hall–Kier alpha value is -1.73. The third kappa shape index (κ3) is 1.63. The van der Waals surface area contributed by atoms with Crippen LogP contribution >= 0.6 is 0 Å². The molecule has 3 heterocycles. The van der Waals surface area contributed by atoms with Crippen LogP contribution in [0.15, 0.2) is 12.3 Å². The number of ether oxygens (including phenoxy) is 1. The Balaban J connectivity index is 1.99. The van der Waals surface area contributed by atoms with Crippen molar-refractivity contribution in [2.75, 3.05) is 12.3 Å². The zero-order valence-electron chi connectivity index (χ0n) is 9.15. The van der Waals surface area contributed by atoms with E-state index >= 15 is 0 Å². The van der Waals surface area contributed by atoms with E-state index in [4.69, 9.17) is 15.6 Å². The Kier molecular flexibility index (Phi) is 2.41. The van der Waals surface area contributed by atoms with E-state index in [9.17, 15) is 0 Å². The molecule has 1 aliphatic rings. The number of pyridine rings is 1. The van der Waals surface area contributed by atoms with E-state index in [2.05, 4.69) is 15.3 Å². The van der Waals surface area contributed by atoms with Gasteiger partial charge in [0, 0.05) is 6.20 Å². The molecule has 1 aliphatic heterocycles. The minimum atomic E-state index is -0.216. The fourth-order valence-corrected chi connectivity index (χ4v) is 2.06. The summed E-state index contributed by atoms with van der Waals surface area (Å²) in [7, 11) is 0. The van der Waals surface area contributed by atoms with Crippen molar-refractivity contribution in [3.8, 4) is 0 Å². The monoisotopic (exact) mass is 235 g/mol. The maximum atomic E-state index is 9.03. The second kappa shape index (κ2) is 3.94. The van der Waals surface area contributed by atoms with Gasteiger partial charge < -0.3 is 15.6 Å². The highest BCUT2D eigenvalue weighted by atomic mass is 16.5. The molecular formula is C10H13N5O2. The van der Waals surface area contributed by atoms with E-state index < -0.39 is 0 Å². The van der Waals surface area contributed by atoms with Crippen molar-refractivity contribution in [3.63, 3.8) is 0 Å². The zero-order valence-corrected chi connectivity index (χ0v) is 9.15. The first-order valence-corrected chi connectivity index (χ1v) is 5.51. The number of aliphatic hydroxyl groups is 1. The van der Waals surface area contributed by atoms with Crippen LogP contribution in [0.4, 0.5) is 5.69 Å². The SMILES string of the molecule is Nc1ccnc2c1nnn2[C@H]1CC[C@@H](CO)O1. The highest BCUT2D eigenvalue weighted by Gasteiger charge is 2.28. The first kappa shape index (κ1) is 10.4. The summed E-state index contributed by atoms with van der Waals surface area (Å²) in [5.74, 6) is 0. The van der Waals surface area contributed by atoms with Crippen LogP contribution in [0.3, 0.4) is 0 Å². The number of nitrogens with two attached hydrogens (primary N) is 1. The van der Waals surface area contributed by atoms with E-state index in [1.807, 2.05) is 0 Å². The molecule has 1 fully saturated rings. The van der Waals surface area contributed by atoms with Gasteiger partial charge in [0.25, 0.3) is 0 Å². The van der Waals surface area contributed by atoms with Gasteiger partial charge in [0.1, 0.15) is 0 Å². The molecule has 2 aromatic rings. The van der Waals surface area contributed by atoms with Gasteiger partial charge in [0.05, 0.1) is 18.4 Å². The number of aliphatic hydroxyl groups excluding tert-OH is 1. The molecule has 3 N–H and O–H groups in total. The van der Waals surface area contributed by atoms with Gasteiger partial charge in [-0.2, -0.15) is 4.68 Å². The van der Waals surface area contributed by atoms with Gasteiger partial charge in [-0.25, -0.2) is 4.98 Å². The first-order valence-electron chi connectivity index (χ1n) is 5.51. The minimum Gasteiger partial charge on any atom is -0.397 e. The summed E-state index contributed by atoms with van der Waals surface area (Å²) >= 11 is 0. The maximum Gasteiger partial charge on any atom is 0.183 e. The summed E-state index contributed by atoms with van der Waals surface area (Å²) in [5, 5.41) is 17.1. The lowest BCUT2D eigenvalue weighted by Gasteiger charge is -2.11. The van der Waals surface area contributed by atoms with Crippen molar-refractivity contribution in [1.29, 1.82) is 0 Å². The molecule has 3 rings (SSSR count). The highest BCUT2D eigenvalue weighted by Crippen LogP contribution is 2.29. The zero-order chi connectivity index (χ0) is 11.8. The van der Waals surface area contributed by atoms with Crippen molar-refractivity contribution in [2.24, 2.45) is 0 Å². The van der Waals surface area contributed by atoms with Gasteiger partial charge in [0.15, 0.2) is 17.4 Å². The van der Waals surface area contributed by atoms with E-state index in [1.165, 1.54) is 0 Å². The number of nitrogens with zero attached hydrogens (tertiary/aromatic N) is 4. The van der Waals surface area contributed by atoms with Crippen LogP contribution in [0.1, 0.15) is 19.1 Å². The molecule has 0 aliphatic carbocycles. The van der Waals surface area contributed by atoms with Crippen LogP contribution in [0, 0.1) is 0 Å². The Bertz CT molecular complexity index is 540. The molecule has 17 heavy (non-hydrogen) atoms. The molecule has 7 nitrogen and oxygen atoms in total.